The minimum Gasteiger partial charge on any atom is -0.744 e. The van der Waals surface area contributed by atoms with Gasteiger partial charge in [-0.1, -0.05) is 0 Å². The van der Waals surface area contributed by atoms with Gasteiger partial charge in [0.2, 0.25) is 46.4 Å². The van der Waals surface area contributed by atoms with E-state index in [-0.39, 0.29) is 47.8 Å². The molecule has 5 aromatic carbocycles. The van der Waals surface area contributed by atoms with Crippen molar-refractivity contribution in [3.63, 3.8) is 0 Å². The summed E-state index contributed by atoms with van der Waals surface area (Å²) < 4.78 is 377. The number of rotatable bonds is 19. The summed E-state index contributed by atoms with van der Waals surface area (Å²) in [6.07, 6.45) is -10.2. The van der Waals surface area contributed by atoms with Crippen LogP contribution < -0.4 is 58.0 Å². The Bertz CT molecular complexity index is 3500. The standard InChI is InChI=1S/C46H16F22O9S.Na/c47-12-21(29(51)31(53)24(14-49)72-16-1-5-18(6-2-16)75-45(67)43(63)64)22(13-48)30(52)32(54)25(15-50)73-20-9-10-23(26(11-20)78(69,70)71)77-42-39(61)35(57)28(36(58)40(42)62)27-33(55)37(59)41(38(60)34(27)56)74-17-3-7-19(8-4-17)76-46(68)44(65)66;/h1-15H,(H,69,70,71);/q;+1/p-1/b21-12+,22-13?,24-14-,25-15-,31-29-,32-30-;. The molecule has 0 aliphatic rings. The van der Waals surface area contributed by atoms with E-state index in [0.717, 1.165) is 0 Å². The largest absolute Gasteiger partial charge is 1.00 e. The molecule has 0 saturated heterocycles. The average molecular weight is 1180 g/mol. The van der Waals surface area contributed by atoms with Crippen LogP contribution in [0.4, 0.5) is 96.6 Å². The van der Waals surface area contributed by atoms with Crippen LogP contribution in [0.25, 0.3) is 11.1 Å². The van der Waals surface area contributed by atoms with Crippen LogP contribution in [0.5, 0.6) is 46.0 Å². The Morgan fingerprint density at radius 2 is 0.722 bits per heavy atom. The van der Waals surface area contributed by atoms with Gasteiger partial charge in [0.05, 0.1) is 34.9 Å². The first-order valence-electron chi connectivity index (χ1n) is 19.5. The number of hydrogen-bond acceptors (Lipinski definition) is 9. The van der Waals surface area contributed by atoms with Crippen molar-refractivity contribution in [2.75, 3.05) is 0 Å². The Morgan fingerprint density at radius 1 is 0.405 bits per heavy atom. The molecule has 0 radical (unpaired) electrons. The second kappa shape index (κ2) is 26.7. The molecular weight excluding hydrogens is 1170 g/mol. The van der Waals surface area contributed by atoms with Gasteiger partial charge < -0.3 is 33.0 Å². The monoisotopic (exact) mass is 1180 g/mol. The third-order valence-corrected chi connectivity index (χ3v) is 9.98. The first-order chi connectivity index (χ1) is 36.6. The molecule has 79 heavy (non-hydrogen) atoms. The van der Waals surface area contributed by atoms with Crippen molar-refractivity contribution in [3.05, 3.63) is 209 Å². The van der Waals surface area contributed by atoms with E-state index in [1.165, 1.54) is 0 Å². The van der Waals surface area contributed by atoms with E-state index in [1.807, 2.05) is 0 Å². The zero-order chi connectivity index (χ0) is 58.2. The molecule has 0 bridgehead atoms. The molecule has 0 amide bonds. The summed E-state index contributed by atoms with van der Waals surface area (Å²) in [5.41, 5.74) is -9.73. The first-order valence-corrected chi connectivity index (χ1v) is 20.9. The fourth-order valence-electron chi connectivity index (χ4n) is 5.72. The van der Waals surface area contributed by atoms with Gasteiger partial charge in [0.1, 0.15) is 62.2 Å². The quantitative estimate of drug-likeness (QED) is 0.0199. The van der Waals surface area contributed by atoms with Crippen molar-refractivity contribution in [1.82, 2.24) is 0 Å². The predicted octanol–water partition coefficient (Wildman–Crippen LogP) is 13.9. The zero-order valence-electron chi connectivity index (χ0n) is 37.6. The fraction of sp³-hybridized carbons (Fsp3) is 0. The Morgan fingerprint density at radius 3 is 1.05 bits per heavy atom. The van der Waals surface area contributed by atoms with Gasteiger partial charge in [-0.2, -0.15) is 52.7 Å². The van der Waals surface area contributed by atoms with E-state index in [0.29, 0.717) is 48.5 Å². The average Bonchev–Trinajstić information content (AvgIpc) is 3.53. The van der Waals surface area contributed by atoms with Gasteiger partial charge in [0.15, 0.2) is 46.4 Å². The Hall–Kier alpha value is -7.81. The van der Waals surface area contributed by atoms with Crippen molar-refractivity contribution in [2.24, 2.45) is 0 Å². The summed E-state index contributed by atoms with van der Waals surface area (Å²) in [6.45, 7) is 0. The van der Waals surface area contributed by atoms with Gasteiger partial charge in [-0.05, 0) is 60.7 Å². The Balaban J connectivity index is 0.0000134. The molecule has 0 N–H and O–H groups in total. The third-order valence-electron chi connectivity index (χ3n) is 9.13. The van der Waals surface area contributed by atoms with E-state index in [4.69, 9.17) is 0 Å². The molecule has 0 fully saturated rings. The van der Waals surface area contributed by atoms with E-state index < -0.39 is 214 Å². The van der Waals surface area contributed by atoms with Crippen LogP contribution in [0.2, 0.25) is 0 Å². The normalized spacial score (nSPS) is 12.9. The van der Waals surface area contributed by atoms with Crippen LogP contribution in [0.15, 0.2) is 167 Å². The van der Waals surface area contributed by atoms with Gasteiger partial charge in [-0.25, -0.2) is 52.3 Å². The van der Waals surface area contributed by atoms with Crippen LogP contribution in [0.3, 0.4) is 0 Å². The molecule has 0 aromatic heterocycles. The van der Waals surface area contributed by atoms with E-state index >= 15 is 52.7 Å². The molecule has 0 spiro atoms. The predicted molar refractivity (Wildman–Crippen MR) is 217 cm³/mol. The summed E-state index contributed by atoms with van der Waals surface area (Å²) >= 11 is 0. The number of halogens is 22. The molecule has 0 unspecified atom stereocenters. The SMILES string of the molecule is O=S(=O)([O-])c1cc(OC(=C\F)/C(F)=C(/F)C(=CF)C(=C\F)/C(F)=C(F)\C(=C\F)Oc2ccc(OC(F)=C(F)F)cc2)ccc1Oc1c(F)c(F)c(-c2c(F)c(F)c(Oc3ccc(OC(F)=C(F)F)cc3)c(F)c2F)c(F)c1F.[Na+]. The van der Waals surface area contributed by atoms with Crippen LogP contribution >= 0.6 is 0 Å². The second-order valence-corrected chi connectivity index (χ2v) is 15.2. The fourth-order valence-corrected chi connectivity index (χ4v) is 6.34. The molecule has 5 aromatic rings. The molecule has 0 atom stereocenters. The number of benzene rings is 5. The minimum atomic E-state index is -6.20. The number of allylic oxidation sites excluding steroid dienone is 6. The van der Waals surface area contributed by atoms with Crippen molar-refractivity contribution >= 4 is 10.1 Å². The summed E-state index contributed by atoms with van der Waals surface area (Å²) in [5, 5.41) is 0. The molecule has 9 nitrogen and oxygen atoms in total. The number of hydrogen-bond donors (Lipinski definition) is 0. The molecule has 0 aliphatic heterocycles. The number of ether oxygens (including phenoxy) is 6. The van der Waals surface area contributed by atoms with E-state index in [2.05, 4.69) is 28.4 Å². The van der Waals surface area contributed by atoms with E-state index in [1.54, 1.807) is 0 Å². The summed E-state index contributed by atoms with van der Waals surface area (Å²) in [4.78, 5) is -1.99. The summed E-state index contributed by atoms with van der Waals surface area (Å²) in [7, 11) is -6.20. The summed E-state index contributed by atoms with van der Waals surface area (Å²) in [6, 6.07) is 0.275. The van der Waals surface area contributed by atoms with Gasteiger partial charge in [-0.3, -0.25) is 0 Å². The van der Waals surface area contributed by atoms with E-state index in [9.17, 15) is 56.9 Å². The van der Waals surface area contributed by atoms with Crippen LogP contribution in [0, 0.1) is 46.5 Å². The molecule has 33 heteroatoms. The Labute approximate surface area is 446 Å². The maximum absolute atomic E-state index is 15.5. The van der Waals surface area contributed by atoms with Gasteiger partial charge in [0, 0.05) is 6.07 Å². The van der Waals surface area contributed by atoms with Crippen LogP contribution in [0.1, 0.15) is 0 Å². The van der Waals surface area contributed by atoms with Gasteiger partial charge in [-0.15, -0.1) is 0 Å². The van der Waals surface area contributed by atoms with Crippen LogP contribution in [-0.4, -0.2) is 13.0 Å². The van der Waals surface area contributed by atoms with Crippen molar-refractivity contribution < 1.29 is 168 Å². The smallest absolute Gasteiger partial charge is 0.744 e. The molecule has 0 heterocycles. The van der Waals surface area contributed by atoms with Crippen molar-refractivity contribution in [2.45, 2.75) is 4.90 Å². The third kappa shape index (κ3) is 14.3. The maximum atomic E-state index is 15.5. The van der Waals surface area contributed by atoms with Crippen molar-refractivity contribution in [3.8, 4) is 57.1 Å². The molecule has 5 rings (SSSR count). The first kappa shape index (κ1) is 63.7. The maximum Gasteiger partial charge on any atom is 1.00 e. The topological polar surface area (TPSA) is 113 Å². The molecule has 0 aliphatic carbocycles. The zero-order valence-corrected chi connectivity index (χ0v) is 40.4. The Kier molecular flexibility index (Phi) is 21.5. The molecule has 0 saturated carbocycles. The summed E-state index contributed by atoms with van der Waals surface area (Å²) in [5.74, 6) is -48.7. The van der Waals surface area contributed by atoms with Gasteiger partial charge >= 0.3 is 53.7 Å². The molecule has 414 valence electrons. The van der Waals surface area contributed by atoms with Gasteiger partial charge in [0.25, 0.3) is 0 Å². The molecular formula is C46H15F22NaO9S. The minimum absolute atomic E-state index is 0. The second-order valence-electron chi connectivity index (χ2n) is 13.9. The van der Waals surface area contributed by atoms with Crippen LogP contribution in [-0.2, 0) is 10.1 Å². The van der Waals surface area contributed by atoms with Crippen molar-refractivity contribution in [1.29, 1.82) is 0 Å².